The lowest BCUT2D eigenvalue weighted by Crippen LogP contribution is -2.42. The molecule has 0 radical (unpaired) electrons. The van der Waals surface area contributed by atoms with Crippen LogP contribution in [0, 0.1) is 0 Å². The standard InChI is InChI=1S/C9H19NO5S/c1-6(11)5-7(16(13)14)10-8(12)15-9(2,3)4/h6-7,11H,5H2,1-4H3,(H,10,12)(H,13,14). The highest BCUT2D eigenvalue weighted by atomic mass is 32.2. The first-order valence-electron chi connectivity index (χ1n) is 4.89. The average molecular weight is 253 g/mol. The van der Waals surface area contributed by atoms with Crippen molar-refractivity contribution in [2.75, 3.05) is 0 Å². The van der Waals surface area contributed by atoms with Crippen LogP contribution in [0.2, 0.25) is 0 Å². The highest BCUT2D eigenvalue weighted by molar-refractivity contribution is 7.79. The highest BCUT2D eigenvalue weighted by Crippen LogP contribution is 2.08. The molecule has 3 N–H and O–H groups in total. The van der Waals surface area contributed by atoms with Crippen molar-refractivity contribution in [1.82, 2.24) is 5.32 Å². The summed E-state index contributed by atoms with van der Waals surface area (Å²) in [7, 11) is 0. The fourth-order valence-corrected chi connectivity index (χ4v) is 1.58. The number of hydrogen-bond acceptors (Lipinski definition) is 4. The summed E-state index contributed by atoms with van der Waals surface area (Å²) in [6.07, 6.45) is -1.57. The molecule has 0 saturated heterocycles. The molecule has 0 aromatic heterocycles. The van der Waals surface area contributed by atoms with Crippen LogP contribution in [0.4, 0.5) is 4.79 Å². The first-order valence-corrected chi connectivity index (χ1v) is 6.06. The molecule has 7 heteroatoms. The molecular weight excluding hydrogens is 234 g/mol. The lowest BCUT2D eigenvalue weighted by atomic mass is 10.2. The molecule has 0 spiro atoms. The molecule has 0 fully saturated rings. The van der Waals surface area contributed by atoms with Crippen LogP contribution in [-0.4, -0.2) is 37.0 Å². The third-order valence-corrected chi connectivity index (χ3v) is 2.27. The second kappa shape index (κ2) is 6.17. The molecule has 0 bridgehead atoms. The van der Waals surface area contributed by atoms with Gasteiger partial charge in [-0.25, -0.2) is 9.00 Å². The SMILES string of the molecule is CC(O)CC(NC(=O)OC(C)(C)C)S(=O)O. The van der Waals surface area contributed by atoms with Crippen LogP contribution >= 0.6 is 0 Å². The Morgan fingerprint density at radius 2 is 2.00 bits per heavy atom. The molecular formula is C9H19NO5S. The molecule has 6 nitrogen and oxygen atoms in total. The number of nitrogens with one attached hydrogen (secondary N) is 1. The summed E-state index contributed by atoms with van der Waals surface area (Å²) in [5.41, 5.74) is -0.670. The van der Waals surface area contributed by atoms with Crippen molar-refractivity contribution in [2.24, 2.45) is 0 Å². The molecule has 0 aromatic carbocycles. The summed E-state index contributed by atoms with van der Waals surface area (Å²) in [4.78, 5) is 11.3. The van der Waals surface area contributed by atoms with Gasteiger partial charge in [0.05, 0.1) is 6.10 Å². The Morgan fingerprint density at radius 1 is 1.50 bits per heavy atom. The number of aliphatic hydroxyl groups is 1. The van der Waals surface area contributed by atoms with Crippen molar-refractivity contribution in [3.05, 3.63) is 0 Å². The fraction of sp³-hybridized carbons (Fsp3) is 0.889. The minimum atomic E-state index is -2.24. The first kappa shape index (κ1) is 15.3. The van der Waals surface area contributed by atoms with E-state index in [1.807, 2.05) is 0 Å². The van der Waals surface area contributed by atoms with Crippen LogP contribution in [0.15, 0.2) is 0 Å². The molecule has 0 heterocycles. The van der Waals surface area contributed by atoms with E-state index in [1.54, 1.807) is 20.8 Å². The van der Waals surface area contributed by atoms with E-state index in [2.05, 4.69) is 5.32 Å². The van der Waals surface area contributed by atoms with Gasteiger partial charge in [0.1, 0.15) is 11.0 Å². The number of ether oxygens (including phenoxy) is 1. The predicted molar refractivity (Wildman–Crippen MR) is 60.2 cm³/mol. The van der Waals surface area contributed by atoms with Gasteiger partial charge in [0, 0.05) is 6.42 Å². The second-order valence-corrected chi connectivity index (χ2v) is 5.62. The smallest absolute Gasteiger partial charge is 0.408 e. The van der Waals surface area contributed by atoms with E-state index in [1.165, 1.54) is 6.92 Å². The van der Waals surface area contributed by atoms with E-state index in [0.29, 0.717) is 0 Å². The average Bonchev–Trinajstić information content (AvgIpc) is 1.97. The summed E-state index contributed by atoms with van der Waals surface area (Å²) in [6.45, 7) is 6.53. The van der Waals surface area contributed by atoms with Gasteiger partial charge in [-0.2, -0.15) is 0 Å². The van der Waals surface area contributed by atoms with Gasteiger partial charge in [-0.1, -0.05) is 0 Å². The summed E-state index contributed by atoms with van der Waals surface area (Å²) >= 11 is -2.24. The van der Waals surface area contributed by atoms with Gasteiger partial charge in [-0.3, -0.25) is 0 Å². The van der Waals surface area contributed by atoms with Crippen molar-refractivity contribution < 1.29 is 23.4 Å². The van der Waals surface area contributed by atoms with Gasteiger partial charge >= 0.3 is 6.09 Å². The largest absolute Gasteiger partial charge is 0.444 e. The zero-order chi connectivity index (χ0) is 12.9. The molecule has 16 heavy (non-hydrogen) atoms. The summed E-state index contributed by atoms with van der Waals surface area (Å²) < 4.78 is 24.7. The Balaban J connectivity index is 4.30. The number of alkyl carbamates (subject to hydrolysis) is 1. The molecule has 3 unspecified atom stereocenters. The normalized spacial score (nSPS) is 17.4. The Morgan fingerprint density at radius 3 is 2.31 bits per heavy atom. The zero-order valence-electron chi connectivity index (χ0n) is 9.89. The lowest BCUT2D eigenvalue weighted by Gasteiger charge is -2.22. The Hall–Kier alpha value is -0.660. The highest BCUT2D eigenvalue weighted by Gasteiger charge is 2.23. The van der Waals surface area contributed by atoms with E-state index in [9.17, 15) is 9.00 Å². The number of carbonyl (C=O) groups excluding carboxylic acids is 1. The summed E-state index contributed by atoms with van der Waals surface area (Å²) in [6, 6.07) is 0. The van der Waals surface area contributed by atoms with E-state index in [0.717, 1.165) is 0 Å². The third kappa shape index (κ3) is 7.61. The van der Waals surface area contributed by atoms with Gasteiger partial charge in [0.15, 0.2) is 11.1 Å². The predicted octanol–water partition coefficient (Wildman–Crippen LogP) is 0.830. The Kier molecular flexibility index (Phi) is 5.91. The molecule has 3 atom stereocenters. The van der Waals surface area contributed by atoms with E-state index < -0.39 is 34.3 Å². The van der Waals surface area contributed by atoms with Crippen LogP contribution in [0.25, 0.3) is 0 Å². The van der Waals surface area contributed by atoms with Crippen molar-refractivity contribution in [1.29, 1.82) is 0 Å². The van der Waals surface area contributed by atoms with Crippen LogP contribution in [0.3, 0.4) is 0 Å². The number of carbonyl (C=O) groups is 1. The maximum atomic E-state index is 11.3. The summed E-state index contributed by atoms with van der Waals surface area (Å²) in [5.74, 6) is 0. The van der Waals surface area contributed by atoms with Gasteiger partial charge < -0.3 is 19.7 Å². The fourth-order valence-electron chi connectivity index (χ4n) is 0.940. The van der Waals surface area contributed by atoms with Crippen molar-refractivity contribution in [3.8, 4) is 0 Å². The van der Waals surface area contributed by atoms with Gasteiger partial charge in [0.2, 0.25) is 0 Å². The van der Waals surface area contributed by atoms with Crippen molar-refractivity contribution in [2.45, 2.75) is 51.2 Å². The molecule has 0 aromatic rings. The first-order chi connectivity index (χ1) is 7.11. The van der Waals surface area contributed by atoms with Crippen LogP contribution in [0.1, 0.15) is 34.1 Å². The number of aliphatic hydroxyl groups excluding tert-OH is 1. The zero-order valence-corrected chi connectivity index (χ0v) is 10.7. The van der Waals surface area contributed by atoms with Crippen LogP contribution in [-0.2, 0) is 15.8 Å². The van der Waals surface area contributed by atoms with Gasteiger partial charge in [0.25, 0.3) is 0 Å². The molecule has 96 valence electrons. The Labute approximate surface area is 97.7 Å². The number of rotatable bonds is 4. The van der Waals surface area contributed by atoms with E-state index >= 15 is 0 Å². The van der Waals surface area contributed by atoms with Gasteiger partial charge in [-0.15, -0.1) is 0 Å². The molecule has 0 saturated carbocycles. The quantitative estimate of drug-likeness (QED) is 0.645. The third-order valence-electron chi connectivity index (χ3n) is 1.48. The molecule has 0 aliphatic rings. The lowest BCUT2D eigenvalue weighted by molar-refractivity contribution is 0.0508. The molecule has 1 amide bonds. The molecule has 0 rings (SSSR count). The van der Waals surface area contributed by atoms with E-state index in [4.69, 9.17) is 14.4 Å². The maximum absolute atomic E-state index is 11.3. The number of hydrogen-bond donors (Lipinski definition) is 3. The summed E-state index contributed by atoms with van der Waals surface area (Å²) in [5, 5.41) is 10.3. The van der Waals surface area contributed by atoms with E-state index in [-0.39, 0.29) is 6.42 Å². The van der Waals surface area contributed by atoms with Crippen LogP contribution < -0.4 is 5.32 Å². The maximum Gasteiger partial charge on any atom is 0.408 e. The van der Waals surface area contributed by atoms with Crippen LogP contribution in [0.5, 0.6) is 0 Å². The monoisotopic (exact) mass is 253 g/mol. The minimum absolute atomic E-state index is 0.0116. The van der Waals surface area contributed by atoms with Crippen molar-refractivity contribution in [3.63, 3.8) is 0 Å². The minimum Gasteiger partial charge on any atom is -0.444 e. The number of amides is 1. The van der Waals surface area contributed by atoms with Crippen molar-refractivity contribution >= 4 is 17.2 Å². The topological polar surface area (TPSA) is 95.9 Å². The molecule has 0 aliphatic carbocycles. The second-order valence-electron chi connectivity index (χ2n) is 4.50. The Bertz CT molecular complexity index is 261. The molecule has 0 aliphatic heterocycles. The van der Waals surface area contributed by atoms with Gasteiger partial charge in [-0.05, 0) is 27.7 Å².